The van der Waals surface area contributed by atoms with Gasteiger partial charge in [0, 0.05) is 17.4 Å². The first-order valence-corrected chi connectivity index (χ1v) is 12.6. The highest BCUT2D eigenvalue weighted by Crippen LogP contribution is 2.25. The molecule has 5 rings (SSSR count). The van der Waals surface area contributed by atoms with Gasteiger partial charge in [-0.15, -0.1) is 0 Å². The topological polar surface area (TPSA) is 149 Å². The lowest BCUT2D eigenvalue weighted by atomic mass is 10.1. The number of nitrogens with one attached hydrogen (secondary N) is 1. The van der Waals surface area contributed by atoms with E-state index in [1.165, 1.54) is 4.68 Å². The van der Waals surface area contributed by atoms with Crippen LogP contribution in [0.1, 0.15) is 28.3 Å². The van der Waals surface area contributed by atoms with Crippen LogP contribution in [-0.4, -0.2) is 66.1 Å². The largest absolute Gasteiger partial charge is 0.364 e. The van der Waals surface area contributed by atoms with E-state index in [9.17, 15) is 23.2 Å². The Balaban J connectivity index is 1.38. The van der Waals surface area contributed by atoms with Crippen LogP contribution in [0.3, 0.4) is 0 Å². The maximum atomic E-state index is 14.4. The zero-order valence-corrected chi connectivity index (χ0v) is 22.1. The maximum absolute atomic E-state index is 14.4. The van der Waals surface area contributed by atoms with E-state index in [0.29, 0.717) is 21.1 Å². The molecule has 4 heterocycles. The molecule has 2 unspecified atom stereocenters. The second-order valence-corrected chi connectivity index (χ2v) is 9.62. The monoisotopic (exact) mass is 608 g/mol. The van der Waals surface area contributed by atoms with E-state index in [4.69, 9.17) is 5.73 Å². The van der Waals surface area contributed by atoms with E-state index < -0.39 is 35.8 Å². The molecular weight excluding hydrogens is 590 g/mol. The highest BCUT2D eigenvalue weighted by molar-refractivity contribution is 9.10. The summed E-state index contributed by atoms with van der Waals surface area (Å²) in [7, 11) is 0. The first kappa shape index (κ1) is 26.8. The molecule has 11 nitrogen and oxygen atoms in total. The van der Waals surface area contributed by atoms with Crippen molar-refractivity contribution >= 4 is 50.4 Å². The Morgan fingerprint density at radius 3 is 2.65 bits per heavy atom. The number of fused-ring (bicyclic) bond motifs is 1. The molecule has 40 heavy (non-hydrogen) atoms. The molecule has 0 spiro atoms. The Labute approximate surface area is 233 Å². The second-order valence-electron chi connectivity index (χ2n) is 8.81. The fourth-order valence-electron chi connectivity index (χ4n) is 4.28. The van der Waals surface area contributed by atoms with E-state index >= 15 is 0 Å². The molecule has 2 atom stereocenters. The Kier molecular flexibility index (Phi) is 7.47. The zero-order chi connectivity index (χ0) is 28.4. The van der Waals surface area contributed by atoms with Gasteiger partial charge in [0.05, 0.1) is 24.5 Å². The van der Waals surface area contributed by atoms with E-state index in [2.05, 4.69) is 53.1 Å². The number of carbonyl (C=O) groups excluding carboxylic acids is 3. The zero-order valence-electron chi connectivity index (χ0n) is 20.5. The molecule has 0 radical (unpaired) electrons. The van der Waals surface area contributed by atoms with Crippen LogP contribution in [0, 0.1) is 17.7 Å². The molecule has 0 bridgehead atoms. The summed E-state index contributed by atoms with van der Waals surface area (Å²) in [5.41, 5.74) is 6.30. The molecule has 3 aromatic heterocycles. The van der Waals surface area contributed by atoms with Gasteiger partial charge in [-0.1, -0.05) is 12.0 Å². The van der Waals surface area contributed by atoms with Crippen molar-refractivity contribution < 1.29 is 23.2 Å². The van der Waals surface area contributed by atoms with Crippen LogP contribution in [0.5, 0.6) is 0 Å². The standard InChI is InChI=1S/C26H19BrF2N8O3/c27-20-2-1-3-22(33-20)34-26(40)19-9-15(28)12-36(19)23(38)13-37-18-6-4-14(8-17(18)24(35-37)25(30)39)5-7-21-31-10-16(29)11-32-21/h1-4,6,8,10-11,15,19H,9,12-13H2,(H2,30,39)(H,33,34,40). The van der Waals surface area contributed by atoms with Crippen molar-refractivity contribution in [3.63, 3.8) is 0 Å². The number of carbonyl (C=O) groups is 3. The van der Waals surface area contributed by atoms with Gasteiger partial charge in [0.25, 0.3) is 5.91 Å². The van der Waals surface area contributed by atoms with Gasteiger partial charge < -0.3 is 16.0 Å². The molecule has 0 aliphatic carbocycles. The number of aromatic nitrogens is 5. The number of hydrogen-bond acceptors (Lipinski definition) is 7. The van der Waals surface area contributed by atoms with Crippen LogP contribution in [0.25, 0.3) is 10.9 Å². The summed E-state index contributed by atoms with van der Waals surface area (Å²) in [5, 5.41) is 7.16. The van der Waals surface area contributed by atoms with Crippen LogP contribution in [0.4, 0.5) is 14.6 Å². The van der Waals surface area contributed by atoms with Gasteiger partial charge in [0.15, 0.2) is 11.5 Å². The average Bonchev–Trinajstić information content (AvgIpc) is 3.49. The number of nitrogens with zero attached hydrogens (tertiary/aromatic N) is 6. The van der Waals surface area contributed by atoms with Crippen molar-refractivity contribution in [2.24, 2.45) is 5.73 Å². The number of rotatable bonds is 5. The van der Waals surface area contributed by atoms with Crippen molar-refractivity contribution in [2.75, 3.05) is 11.9 Å². The molecule has 3 N–H and O–H groups in total. The molecule has 1 saturated heterocycles. The Morgan fingerprint density at radius 1 is 1.15 bits per heavy atom. The maximum Gasteiger partial charge on any atom is 0.269 e. The number of amides is 3. The number of halogens is 3. The SMILES string of the molecule is NC(=O)c1nn(CC(=O)N2CC(F)CC2C(=O)Nc2cccc(Br)n2)c2ccc(C#Cc3ncc(F)cn3)cc12. The minimum atomic E-state index is -1.39. The molecule has 0 saturated carbocycles. The van der Waals surface area contributed by atoms with Gasteiger partial charge in [-0.25, -0.2) is 23.7 Å². The highest BCUT2D eigenvalue weighted by atomic mass is 79.9. The van der Waals surface area contributed by atoms with E-state index in [1.807, 2.05) is 0 Å². The van der Waals surface area contributed by atoms with Crippen LogP contribution in [0.2, 0.25) is 0 Å². The summed E-state index contributed by atoms with van der Waals surface area (Å²) >= 11 is 3.22. The average molecular weight is 609 g/mol. The summed E-state index contributed by atoms with van der Waals surface area (Å²) in [5.74, 6) is 3.31. The molecule has 4 aromatic rings. The van der Waals surface area contributed by atoms with E-state index in [1.54, 1.807) is 36.4 Å². The molecule has 3 amide bonds. The molecule has 1 fully saturated rings. The predicted molar refractivity (Wildman–Crippen MR) is 142 cm³/mol. The molecule has 1 aliphatic heterocycles. The van der Waals surface area contributed by atoms with E-state index in [-0.39, 0.29) is 36.8 Å². The highest BCUT2D eigenvalue weighted by Gasteiger charge is 2.40. The smallest absolute Gasteiger partial charge is 0.269 e. The fraction of sp³-hybridized carbons (Fsp3) is 0.192. The van der Waals surface area contributed by atoms with Crippen LogP contribution in [0.15, 0.2) is 53.4 Å². The summed E-state index contributed by atoms with van der Waals surface area (Å²) in [6, 6.07) is 8.66. The van der Waals surface area contributed by atoms with Gasteiger partial charge in [-0.2, -0.15) is 5.10 Å². The lowest BCUT2D eigenvalue weighted by molar-refractivity contribution is -0.137. The van der Waals surface area contributed by atoms with Crippen molar-refractivity contribution in [3.05, 3.63) is 76.3 Å². The number of pyridine rings is 1. The Bertz CT molecular complexity index is 1700. The van der Waals surface area contributed by atoms with Gasteiger partial charge >= 0.3 is 0 Å². The van der Waals surface area contributed by atoms with E-state index in [0.717, 1.165) is 17.3 Å². The number of alkyl halides is 1. The normalized spacial score (nSPS) is 16.4. The Morgan fingerprint density at radius 2 is 1.93 bits per heavy atom. The van der Waals surface area contributed by atoms with Crippen molar-refractivity contribution in [2.45, 2.75) is 25.2 Å². The Hall–Kier alpha value is -4.77. The minimum Gasteiger partial charge on any atom is -0.364 e. The van der Waals surface area contributed by atoms with Crippen LogP contribution < -0.4 is 11.1 Å². The summed E-state index contributed by atoms with van der Waals surface area (Å²) in [6.45, 7) is -0.639. The van der Waals surface area contributed by atoms with Crippen molar-refractivity contribution in [3.8, 4) is 11.8 Å². The molecule has 202 valence electrons. The number of primary amides is 1. The van der Waals surface area contributed by atoms with Crippen molar-refractivity contribution in [1.82, 2.24) is 29.6 Å². The summed E-state index contributed by atoms with van der Waals surface area (Å²) in [6.07, 6.45) is 0.419. The third-order valence-electron chi connectivity index (χ3n) is 6.05. The third kappa shape index (κ3) is 5.79. The van der Waals surface area contributed by atoms with Crippen LogP contribution >= 0.6 is 15.9 Å². The fourth-order valence-corrected chi connectivity index (χ4v) is 4.62. The van der Waals surface area contributed by atoms with Gasteiger partial charge in [-0.05, 0) is 52.2 Å². The lowest BCUT2D eigenvalue weighted by Crippen LogP contribution is -2.44. The molecule has 1 aliphatic rings. The first-order valence-electron chi connectivity index (χ1n) is 11.8. The van der Waals surface area contributed by atoms with Gasteiger partial charge in [-0.3, -0.25) is 19.1 Å². The second kappa shape index (κ2) is 11.1. The summed E-state index contributed by atoms with van der Waals surface area (Å²) < 4.78 is 29.2. The van der Waals surface area contributed by atoms with Gasteiger partial charge in [0.1, 0.15) is 29.2 Å². The molecule has 14 heteroatoms. The predicted octanol–water partition coefficient (Wildman–Crippen LogP) is 2.20. The molecular formula is C26H19BrF2N8O3. The van der Waals surface area contributed by atoms with Gasteiger partial charge in [0.2, 0.25) is 17.6 Å². The number of hydrogen-bond donors (Lipinski definition) is 2. The number of likely N-dealkylation sites (tertiary alicyclic amines) is 1. The lowest BCUT2D eigenvalue weighted by Gasteiger charge is -2.23. The quantitative estimate of drug-likeness (QED) is 0.260. The molecule has 1 aromatic carbocycles. The third-order valence-corrected chi connectivity index (χ3v) is 6.49. The van der Waals surface area contributed by atoms with Crippen molar-refractivity contribution in [1.29, 1.82) is 0 Å². The van der Waals surface area contributed by atoms with Crippen LogP contribution in [-0.2, 0) is 16.1 Å². The minimum absolute atomic E-state index is 0.0932. The number of nitrogens with two attached hydrogens (primary N) is 1. The summed E-state index contributed by atoms with van der Waals surface area (Å²) in [4.78, 5) is 51.1. The number of benzene rings is 1. The first-order chi connectivity index (χ1) is 19.2. The number of anilines is 1.